The predicted molar refractivity (Wildman–Crippen MR) is 108 cm³/mol. The molecule has 1 atom stereocenters. The number of rotatable bonds is 7. The van der Waals surface area contributed by atoms with E-state index in [-0.39, 0.29) is 24.1 Å². The fraction of sp³-hybridized carbons (Fsp3) is 0.500. The summed E-state index contributed by atoms with van der Waals surface area (Å²) < 4.78 is 16.3. The van der Waals surface area contributed by atoms with Crippen LogP contribution in [0.3, 0.4) is 0 Å². The number of ether oxygens (including phenoxy) is 2. The summed E-state index contributed by atoms with van der Waals surface area (Å²) in [5.41, 5.74) is 0.284. The zero-order valence-electron chi connectivity index (χ0n) is 17.2. The van der Waals surface area contributed by atoms with Gasteiger partial charge in [-0.25, -0.2) is 0 Å². The second-order valence-electron chi connectivity index (χ2n) is 7.82. The van der Waals surface area contributed by atoms with Crippen molar-refractivity contribution < 1.29 is 23.6 Å². The van der Waals surface area contributed by atoms with Crippen LogP contribution in [-0.4, -0.2) is 60.1 Å². The van der Waals surface area contributed by atoms with E-state index in [1.807, 2.05) is 28.0 Å². The van der Waals surface area contributed by atoms with Gasteiger partial charge in [-0.3, -0.25) is 9.59 Å². The van der Waals surface area contributed by atoms with E-state index in [2.05, 4.69) is 5.16 Å². The fourth-order valence-electron chi connectivity index (χ4n) is 4.14. The van der Waals surface area contributed by atoms with Crippen LogP contribution in [0.25, 0.3) is 0 Å². The molecule has 30 heavy (non-hydrogen) atoms. The molecule has 1 aromatic heterocycles. The number of nitrogens with zero attached hydrogens (tertiary/aromatic N) is 3. The standard InChI is InChI=1S/C22H27N3O5/c1-28-19-7-2-3-8-20(19)29-15-17-12-18(23-30-17)22(27)25-11-4-6-16(14-25)13-24-10-5-9-21(24)26/h2-3,7-8,12,16H,4-6,9-11,13-15H2,1H3/t16-/m0/s1. The molecule has 0 bridgehead atoms. The minimum absolute atomic E-state index is 0.139. The summed E-state index contributed by atoms with van der Waals surface area (Å²) in [6, 6.07) is 8.97. The second-order valence-corrected chi connectivity index (χ2v) is 7.82. The maximum atomic E-state index is 12.9. The Hall–Kier alpha value is -3.03. The number of piperidine rings is 1. The van der Waals surface area contributed by atoms with E-state index in [1.54, 1.807) is 19.2 Å². The van der Waals surface area contributed by atoms with Crippen LogP contribution in [-0.2, 0) is 11.4 Å². The van der Waals surface area contributed by atoms with E-state index in [0.29, 0.717) is 42.7 Å². The SMILES string of the molecule is COc1ccccc1OCc1cc(C(=O)N2CCC[C@@H](CN3CCCC3=O)C2)no1. The Morgan fingerprint density at radius 1 is 1.23 bits per heavy atom. The number of aromatic nitrogens is 1. The average Bonchev–Trinajstić information content (AvgIpc) is 3.41. The Morgan fingerprint density at radius 2 is 2.07 bits per heavy atom. The van der Waals surface area contributed by atoms with Gasteiger partial charge in [0.05, 0.1) is 7.11 Å². The molecule has 0 radical (unpaired) electrons. The molecular formula is C22H27N3O5. The normalized spacial score (nSPS) is 19.2. The first-order valence-electron chi connectivity index (χ1n) is 10.4. The van der Waals surface area contributed by atoms with Crippen molar-refractivity contribution in [3.8, 4) is 11.5 Å². The monoisotopic (exact) mass is 413 g/mol. The number of carbonyl (C=O) groups excluding carboxylic acids is 2. The third-order valence-electron chi connectivity index (χ3n) is 5.67. The lowest BCUT2D eigenvalue weighted by Crippen LogP contribution is -2.44. The topological polar surface area (TPSA) is 85.1 Å². The molecule has 0 spiro atoms. The van der Waals surface area contributed by atoms with Crippen LogP contribution in [0.4, 0.5) is 0 Å². The molecule has 1 aromatic carbocycles. The molecule has 3 heterocycles. The van der Waals surface area contributed by atoms with Crippen molar-refractivity contribution in [2.75, 3.05) is 33.3 Å². The van der Waals surface area contributed by atoms with Crippen LogP contribution in [0.2, 0.25) is 0 Å². The molecular weight excluding hydrogens is 386 g/mol. The molecule has 2 aliphatic rings. The lowest BCUT2D eigenvalue weighted by Gasteiger charge is -2.34. The predicted octanol–water partition coefficient (Wildman–Crippen LogP) is 2.74. The third kappa shape index (κ3) is 4.58. The van der Waals surface area contributed by atoms with Crippen molar-refractivity contribution in [2.24, 2.45) is 5.92 Å². The minimum atomic E-state index is -0.139. The molecule has 0 N–H and O–H groups in total. The summed E-state index contributed by atoms with van der Waals surface area (Å²) in [5, 5.41) is 3.94. The lowest BCUT2D eigenvalue weighted by atomic mass is 9.97. The number of hydrogen-bond donors (Lipinski definition) is 0. The molecule has 2 amide bonds. The largest absolute Gasteiger partial charge is 0.493 e. The molecule has 8 nitrogen and oxygen atoms in total. The van der Waals surface area contributed by atoms with Gasteiger partial charge in [0.1, 0.15) is 6.61 Å². The highest BCUT2D eigenvalue weighted by Gasteiger charge is 2.30. The molecule has 160 valence electrons. The summed E-state index contributed by atoms with van der Waals surface area (Å²) in [5.74, 6) is 2.10. The Labute approximate surface area is 175 Å². The Bertz CT molecular complexity index is 896. The van der Waals surface area contributed by atoms with Crippen molar-refractivity contribution in [3.05, 3.63) is 41.8 Å². The molecule has 4 rings (SSSR count). The quantitative estimate of drug-likeness (QED) is 0.694. The van der Waals surface area contributed by atoms with Crippen molar-refractivity contribution in [1.29, 1.82) is 0 Å². The van der Waals surface area contributed by atoms with Crippen molar-refractivity contribution >= 4 is 11.8 Å². The van der Waals surface area contributed by atoms with Crippen LogP contribution >= 0.6 is 0 Å². The number of amides is 2. The van der Waals surface area contributed by atoms with E-state index in [1.165, 1.54) is 0 Å². The van der Waals surface area contributed by atoms with Crippen molar-refractivity contribution in [3.63, 3.8) is 0 Å². The minimum Gasteiger partial charge on any atom is -0.493 e. The summed E-state index contributed by atoms with van der Waals surface area (Å²) in [4.78, 5) is 28.5. The van der Waals surface area contributed by atoms with E-state index in [4.69, 9.17) is 14.0 Å². The number of carbonyl (C=O) groups is 2. The maximum Gasteiger partial charge on any atom is 0.276 e. The molecule has 2 aliphatic heterocycles. The number of methoxy groups -OCH3 is 1. The number of likely N-dealkylation sites (tertiary alicyclic amines) is 2. The summed E-state index contributed by atoms with van der Waals surface area (Å²) in [6.45, 7) is 3.06. The summed E-state index contributed by atoms with van der Waals surface area (Å²) >= 11 is 0. The van der Waals surface area contributed by atoms with Gasteiger partial charge in [-0.05, 0) is 37.3 Å². The van der Waals surface area contributed by atoms with Gasteiger partial charge in [-0.1, -0.05) is 17.3 Å². The van der Waals surface area contributed by atoms with Crippen LogP contribution in [0.15, 0.2) is 34.9 Å². The Kier molecular flexibility index (Phi) is 6.21. The fourth-order valence-corrected chi connectivity index (χ4v) is 4.14. The highest BCUT2D eigenvalue weighted by atomic mass is 16.5. The van der Waals surface area contributed by atoms with E-state index < -0.39 is 0 Å². The van der Waals surface area contributed by atoms with Crippen LogP contribution in [0.5, 0.6) is 11.5 Å². The second kappa shape index (κ2) is 9.19. The first-order chi connectivity index (χ1) is 14.6. The first-order valence-corrected chi connectivity index (χ1v) is 10.4. The number of benzene rings is 1. The van der Waals surface area contributed by atoms with Gasteiger partial charge >= 0.3 is 0 Å². The summed E-state index contributed by atoms with van der Waals surface area (Å²) in [6.07, 6.45) is 3.55. The lowest BCUT2D eigenvalue weighted by molar-refractivity contribution is -0.128. The average molecular weight is 413 g/mol. The molecule has 2 fully saturated rings. The molecule has 8 heteroatoms. The zero-order valence-corrected chi connectivity index (χ0v) is 17.2. The summed E-state index contributed by atoms with van der Waals surface area (Å²) in [7, 11) is 1.58. The Morgan fingerprint density at radius 3 is 2.83 bits per heavy atom. The number of hydrogen-bond acceptors (Lipinski definition) is 6. The van der Waals surface area contributed by atoms with E-state index in [9.17, 15) is 9.59 Å². The van der Waals surface area contributed by atoms with Gasteiger partial charge in [-0.2, -0.15) is 0 Å². The van der Waals surface area contributed by atoms with Gasteiger partial charge in [-0.15, -0.1) is 0 Å². The first kappa shape index (κ1) is 20.3. The van der Waals surface area contributed by atoms with Gasteiger partial charge in [0, 0.05) is 38.7 Å². The smallest absolute Gasteiger partial charge is 0.276 e. The number of para-hydroxylation sites is 2. The highest BCUT2D eigenvalue weighted by molar-refractivity contribution is 5.92. The Balaban J connectivity index is 1.33. The van der Waals surface area contributed by atoms with Crippen LogP contribution in [0.1, 0.15) is 41.9 Å². The molecule has 2 aromatic rings. The maximum absolute atomic E-state index is 12.9. The highest BCUT2D eigenvalue weighted by Crippen LogP contribution is 2.27. The van der Waals surface area contributed by atoms with Gasteiger partial charge < -0.3 is 23.8 Å². The van der Waals surface area contributed by atoms with E-state index in [0.717, 1.165) is 32.4 Å². The molecule has 0 saturated carbocycles. The van der Waals surface area contributed by atoms with Gasteiger partial charge in [0.15, 0.2) is 23.0 Å². The molecule has 0 aliphatic carbocycles. The van der Waals surface area contributed by atoms with E-state index >= 15 is 0 Å². The zero-order chi connectivity index (χ0) is 20.9. The van der Waals surface area contributed by atoms with Gasteiger partial charge in [0.2, 0.25) is 5.91 Å². The molecule has 2 saturated heterocycles. The molecule has 0 unspecified atom stereocenters. The van der Waals surface area contributed by atoms with Crippen molar-refractivity contribution in [1.82, 2.24) is 15.0 Å². The van der Waals surface area contributed by atoms with Crippen LogP contribution < -0.4 is 9.47 Å². The van der Waals surface area contributed by atoms with Crippen LogP contribution in [0, 0.1) is 5.92 Å². The van der Waals surface area contributed by atoms with Gasteiger partial charge in [0.25, 0.3) is 5.91 Å². The third-order valence-corrected chi connectivity index (χ3v) is 5.67. The van der Waals surface area contributed by atoms with Crippen molar-refractivity contribution in [2.45, 2.75) is 32.3 Å².